The Hall–Kier alpha value is -3.41. The number of aliphatic hydroxyl groups is 1. The lowest BCUT2D eigenvalue weighted by Crippen LogP contribution is -2.57. The average molecular weight is 703 g/mol. The molecule has 3 saturated heterocycles. The number of benzene rings is 2. The molecule has 2 amide bonds. The van der Waals surface area contributed by atoms with Crippen LogP contribution in [-0.4, -0.2) is 77.0 Å². The molecular formula is C39H50N4O6S. The number of fused-ring (bicyclic) bond motifs is 7. The molecule has 0 radical (unpaired) electrons. The lowest BCUT2D eigenvalue weighted by molar-refractivity contribution is -0.152. The number of nitrogens with zero attached hydrogens (tertiary/aromatic N) is 3. The summed E-state index contributed by atoms with van der Waals surface area (Å²) in [5, 5.41) is 12.1. The third-order valence-corrected chi connectivity index (χ3v) is 14.4. The third kappa shape index (κ3) is 5.37. The molecular weight excluding hydrogens is 653 g/mol. The van der Waals surface area contributed by atoms with E-state index in [1.807, 2.05) is 25.1 Å². The van der Waals surface area contributed by atoms with Gasteiger partial charge in [-0.05, 0) is 112 Å². The van der Waals surface area contributed by atoms with Crippen molar-refractivity contribution in [2.24, 2.45) is 5.41 Å². The summed E-state index contributed by atoms with van der Waals surface area (Å²) in [6.07, 6.45) is 9.36. The number of piperidine rings is 1. The van der Waals surface area contributed by atoms with E-state index in [0.717, 1.165) is 78.4 Å². The molecule has 5 aliphatic rings. The van der Waals surface area contributed by atoms with Gasteiger partial charge in [0.15, 0.2) is 0 Å². The van der Waals surface area contributed by atoms with E-state index in [1.54, 1.807) is 13.2 Å². The Morgan fingerprint density at radius 2 is 1.64 bits per heavy atom. The first-order chi connectivity index (χ1) is 23.8. The highest BCUT2D eigenvalue weighted by Gasteiger charge is 2.54. The van der Waals surface area contributed by atoms with Gasteiger partial charge >= 0.3 is 10.2 Å². The van der Waals surface area contributed by atoms with E-state index in [-0.39, 0.29) is 29.5 Å². The second kappa shape index (κ2) is 12.1. The molecule has 0 spiro atoms. The Labute approximate surface area is 295 Å². The SMILES string of the molecule is COc1ccc2c(c1)C(C)C(C)(C(=O)N1C3CCC1CC(C)(O)C3)Cn1c-2c(C2CCCCC2)c2ccc(C(=O)NS(=O)(=O)N3CCC3)cc21. The first kappa shape index (κ1) is 33.7. The van der Waals surface area contributed by atoms with Crippen LogP contribution in [0.5, 0.6) is 5.75 Å². The molecule has 1 aliphatic carbocycles. The van der Waals surface area contributed by atoms with E-state index in [1.165, 1.54) is 16.3 Å². The highest BCUT2D eigenvalue weighted by Crippen LogP contribution is 2.54. The fraction of sp³-hybridized carbons (Fsp3) is 0.590. The molecule has 1 saturated carbocycles. The molecule has 8 rings (SSSR count). The molecule has 10 nitrogen and oxygen atoms in total. The van der Waals surface area contributed by atoms with Gasteiger partial charge in [0.2, 0.25) is 5.91 Å². The summed E-state index contributed by atoms with van der Waals surface area (Å²) in [5.74, 6) is 0.330. The molecule has 5 heterocycles. The highest BCUT2D eigenvalue weighted by atomic mass is 32.2. The summed E-state index contributed by atoms with van der Waals surface area (Å²) in [6, 6.07) is 11.8. The first-order valence-corrected chi connectivity index (χ1v) is 20.0. The van der Waals surface area contributed by atoms with Crippen molar-refractivity contribution < 1.29 is 27.9 Å². The van der Waals surface area contributed by atoms with E-state index in [0.29, 0.717) is 38.4 Å². The van der Waals surface area contributed by atoms with Crippen LogP contribution in [0.2, 0.25) is 0 Å². The van der Waals surface area contributed by atoms with Crippen LogP contribution in [0.4, 0.5) is 0 Å². The molecule has 4 fully saturated rings. The number of aromatic nitrogens is 1. The molecule has 11 heteroatoms. The van der Waals surface area contributed by atoms with Gasteiger partial charge in [-0.1, -0.05) is 32.3 Å². The van der Waals surface area contributed by atoms with Crippen molar-refractivity contribution >= 4 is 32.9 Å². The Bertz CT molecular complexity index is 1960. The molecule has 50 heavy (non-hydrogen) atoms. The number of nitrogens with one attached hydrogen (secondary N) is 1. The second-order valence-corrected chi connectivity index (χ2v) is 17.9. The predicted octanol–water partition coefficient (Wildman–Crippen LogP) is 6.07. The summed E-state index contributed by atoms with van der Waals surface area (Å²) < 4.78 is 37.4. The first-order valence-electron chi connectivity index (χ1n) is 18.5. The fourth-order valence-electron chi connectivity index (χ4n) is 9.93. The van der Waals surface area contributed by atoms with Crippen molar-refractivity contribution in [2.45, 2.75) is 121 Å². The molecule has 4 unspecified atom stereocenters. The van der Waals surface area contributed by atoms with Crippen molar-refractivity contribution in [2.75, 3.05) is 20.2 Å². The maximum atomic E-state index is 15.2. The van der Waals surface area contributed by atoms with E-state index in [4.69, 9.17) is 4.74 Å². The summed E-state index contributed by atoms with van der Waals surface area (Å²) in [5.41, 5.74) is 3.94. The van der Waals surface area contributed by atoms with Gasteiger partial charge in [0.25, 0.3) is 5.91 Å². The minimum atomic E-state index is -3.92. The average Bonchev–Trinajstić information content (AvgIpc) is 3.49. The van der Waals surface area contributed by atoms with Crippen LogP contribution in [0, 0.1) is 5.41 Å². The summed E-state index contributed by atoms with van der Waals surface area (Å²) in [4.78, 5) is 30.9. The number of hydrogen-bond donors (Lipinski definition) is 2. The zero-order chi connectivity index (χ0) is 35.2. The Morgan fingerprint density at radius 3 is 2.28 bits per heavy atom. The van der Waals surface area contributed by atoms with Gasteiger partial charge in [0.05, 0.1) is 23.8 Å². The zero-order valence-corrected chi connectivity index (χ0v) is 30.5. The zero-order valence-electron chi connectivity index (χ0n) is 29.7. The summed E-state index contributed by atoms with van der Waals surface area (Å²) in [6.45, 7) is 7.35. The van der Waals surface area contributed by atoms with Crippen LogP contribution in [0.15, 0.2) is 36.4 Å². The Morgan fingerprint density at radius 1 is 0.940 bits per heavy atom. The molecule has 1 aromatic heterocycles. The van der Waals surface area contributed by atoms with E-state index < -0.39 is 27.1 Å². The lowest BCUT2D eigenvalue weighted by atomic mass is 9.71. The normalized spacial score (nSPS) is 29.9. The van der Waals surface area contributed by atoms with E-state index in [2.05, 4.69) is 40.2 Å². The van der Waals surface area contributed by atoms with Gasteiger partial charge in [-0.2, -0.15) is 12.7 Å². The van der Waals surface area contributed by atoms with Crippen molar-refractivity contribution in [1.29, 1.82) is 0 Å². The molecule has 4 atom stereocenters. The summed E-state index contributed by atoms with van der Waals surface area (Å²) >= 11 is 0. The van der Waals surface area contributed by atoms with Gasteiger partial charge in [-0.3, -0.25) is 9.59 Å². The Balaban J connectivity index is 1.32. The van der Waals surface area contributed by atoms with Crippen molar-refractivity contribution in [3.63, 3.8) is 0 Å². The van der Waals surface area contributed by atoms with Crippen LogP contribution in [0.25, 0.3) is 22.2 Å². The standard InChI is InChI=1S/C39H50N4O6S/c1-24-32-20-29(49-4)14-16-30(32)35-34(25-9-6-5-7-10-25)31-15-11-26(36(44)40-50(47,48)41-17-8-18-41)19-33(31)42(35)23-39(24,3)37(45)43-27-12-13-28(43)22-38(2,46)21-27/h11,14-16,19-20,24-25,27-28,46H,5-10,12-13,17-18,21-23H2,1-4H3,(H,40,44). The number of carbonyl (C=O) groups excluding carboxylic acids is 2. The van der Waals surface area contributed by atoms with Crippen molar-refractivity contribution in [3.8, 4) is 17.0 Å². The Kier molecular flexibility index (Phi) is 8.15. The van der Waals surface area contributed by atoms with Crippen LogP contribution < -0.4 is 9.46 Å². The summed E-state index contributed by atoms with van der Waals surface area (Å²) in [7, 11) is -2.25. The number of amides is 2. The topological polar surface area (TPSA) is 121 Å². The number of carbonyl (C=O) groups is 2. The number of ether oxygens (including phenoxy) is 1. The maximum Gasteiger partial charge on any atom is 0.304 e. The number of methoxy groups -OCH3 is 1. The van der Waals surface area contributed by atoms with Gasteiger partial charge < -0.3 is 19.3 Å². The second-order valence-electron chi connectivity index (χ2n) is 16.2. The molecule has 2 bridgehead atoms. The third-order valence-electron chi connectivity index (χ3n) is 12.9. The van der Waals surface area contributed by atoms with E-state index in [9.17, 15) is 18.3 Å². The lowest BCUT2D eigenvalue weighted by Gasteiger charge is -2.47. The fourth-order valence-corrected chi connectivity index (χ4v) is 11.2. The molecule has 268 valence electrons. The monoisotopic (exact) mass is 702 g/mol. The van der Waals surface area contributed by atoms with Gasteiger partial charge in [0, 0.05) is 53.7 Å². The predicted molar refractivity (Wildman–Crippen MR) is 192 cm³/mol. The van der Waals surface area contributed by atoms with Crippen LogP contribution in [0.3, 0.4) is 0 Å². The van der Waals surface area contributed by atoms with Gasteiger partial charge in [-0.25, -0.2) is 4.72 Å². The van der Waals surface area contributed by atoms with Crippen molar-refractivity contribution in [3.05, 3.63) is 53.1 Å². The maximum absolute atomic E-state index is 15.2. The van der Waals surface area contributed by atoms with Crippen molar-refractivity contribution in [1.82, 2.24) is 18.5 Å². The van der Waals surface area contributed by atoms with Crippen LogP contribution >= 0.6 is 0 Å². The largest absolute Gasteiger partial charge is 0.497 e. The van der Waals surface area contributed by atoms with Crippen LogP contribution in [-0.2, 0) is 21.5 Å². The van der Waals surface area contributed by atoms with Gasteiger partial charge in [0.1, 0.15) is 5.75 Å². The minimum Gasteiger partial charge on any atom is -0.497 e. The molecule has 4 aliphatic heterocycles. The molecule has 2 N–H and O–H groups in total. The molecule has 3 aromatic rings. The van der Waals surface area contributed by atoms with E-state index >= 15 is 4.79 Å². The van der Waals surface area contributed by atoms with Gasteiger partial charge in [-0.15, -0.1) is 0 Å². The smallest absolute Gasteiger partial charge is 0.304 e. The highest BCUT2D eigenvalue weighted by molar-refractivity contribution is 7.87. The van der Waals surface area contributed by atoms with Crippen LogP contribution in [0.1, 0.15) is 118 Å². The number of hydrogen-bond acceptors (Lipinski definition) is 6. The number of rotatable bonds is 6. The molecule has 2 aromatic carbocycles. The minimum absolute atomic E-state index is 0.00404. The quantitative estimate of drug-likeness (QED) is 0.322.